The maximum atomic E-state index is 5.71. The molecule has 0 aromatic rings. The Labute approximate surface area is 111 Å². The number of nitrogens with two attached hydrogens (primary N) is 1. The van der Waals surface area contributed by atoms with E-state index in [1.165, 1.54) is 57.9 Å². The average molecular weight is 254 g/mol. The molecule has 2 aliphatic carbocycles. The summed E-state index contributed by atoms with van der Waals surface area (Å²) in [6.07, 6.45) is 12.1. The zero-order chi connectivity index (χ0) is 12.3. The fourth-order valence-corrected chi connectivity index (χ4v) is 3.60. The maximum absolute atomic E-state index is 5.71. The molecule has 0 amide bonds. The zero-order valence-corrected chi connectivity index (χ0v) is 11.9. The molecule has 0 bridgehead atoms. The second-order valence-electron chi connectivity index (χ2n) is 6.20. The Morgan fingerprint density at radius 1 is 1.24 bits per heavy atom. The van der Waals surface area contributed by atoms with Crippen molar-refractivity contribution in [3.63, 3.8) is 0 Å². The topological polar surface area (TPSA) is 29.3 Å². The summed E-state index contributed by atoms with van der Waals surface area (Å²) in [5.41, 5.74) is 6.16. The van der Waals surface area contributed by atoms with E-state index < -0.39 is 0 Å². The lowest BCUT2D eigenvalue weighted by Crippen LogP contribution is -2.37. The van der Waals surface area contributed by atoms with Gasteiger partial charge in [0.25, 0.3) is 0 Å². The van der Waals surface area contributed by atoms with Crippen molar-refractivity contribution >= 4 is 17.2 Å². The summed E-state index contributed by atoms with van der Waals surface area (Å²) in [5, 5.41) is 0. The van der Waals surface area contributed by atoms with Crippen LogP contribution in [0, 0.1) is 5.41 Å². The summed E-state index contributed by atoms with van der Waals surface area (Å²) < 4.78 is 0. The van der Waals surface area contributed by atoms with Gasteiger partial charge in [-0.1, -0.05) is 37.9 Å². The van der Waals surface area contributed by atoms with E-state index in [-0.39, 0.29) is 0 Å². The molecule has 98 valence electrons. The van der Waals surface area contributed by atoms with Crippen LogP contribution in [0.25, 0.3) is 0 Å². The summed E-state index contributed by atoms with van der Waals surface area (Å²) in [6.45, 7) is 1.20. The molecule has 0 aliphatic heterocycles. The fourth-order valence-electron chi connectivity index (χ4n) is 3.29. The van der Waals surface area contributed by atoms with Crippen LogP contribution in [0.3, 0.4) is 0 Å². The van der Waals surface area contributed by atoms with Crippen LogP contribution in [-0.2, 0) is 0 Å². The van der Waals surface area contributed by atoms with Crippen molar-refractivity contribution in [1.82, 2.24) is 4.90 Å². The first-order valence-electron chi connectivity index (χ1n) is 7.10. The van der Waals surface area contributed by atoms with Gasteiger partial charge in [-0.05, 0) is 38.1 Å². The van der Waals surface area contributed by atoms with Crippen LogP contribution >= 0.6 is 12.2 Å². The number of hydrogen-bond donors (Lipinski definition) is 1. The van der Waals surface area contributed by atoms with Gasteiger partial charge in [-0.15, -0.1) is 0 Å². The van der Waals surface area contributed by atoms with Crippen molar-refractivity contribution < 1.29 is 0 Å². The minimum atomic E-state index is 0.451. The van der Waals surface area contributed by atoms with Crippen LogP contribution in [0.15, 0.2) is 0 Å². The van der Waals surface area contributed by atoms with Crippen LogP contribution in [0.4, 0.5) is 0 Å². The normalized spacial score (nSPS) is 24.6. The van der Waals surface area contributed by atoms with Gasteiger partial charge < -0.3 is 10.6 Å². The molecule has 0 saturated heterocycles. The summed E-state index contributed by atoms with van der Waals surface area (Å²) in [4.78, 5) is 3.30. The van der Waals surface area contributed by atoms with Crippen molar-refractivity contribution in [3.8, 4) is 0 Å². The van der Waals surface area contributed by atoms with Crippen LogP contribution in [0.2, 0.25) is 0 Å². The van der Waals surface area contributed by atoms with Crippen LogP contribution in [0.5, 0.6) is 0 Å². The third-order valence-electron chi connectivity index (χ3n) is 4.54. The molecule has 0 spiro atoms. The predicted octanol–water partition coefficient (Wildman–Crippen LogP) is 3.10. The van der Waals surface area contributed by atoms with Crippen LogP contribution in [0.1, 0.15) is 57.8 Å². The lowest BCUT2D eigenvalue weighted by molar-refractivity contribution is 0.182. The van der Waals surface area contributed by atoms with Gasteiger partial charge in [-0.3, -0.25) is 0 Å². The highest BCUT2D eigenvalue weighted by Crippen LogP contribution is 2.49. The Hall–Kier alpha value is -0.150. The molecular weight excluding hydrogens is 228 g/mol. The third kappa shape index (κ3) is 3.92. The Morgan fingerprint density at radius 2 is 1.82 bits per heavy atom. The first kappa shape index (κ1) is 13.3. The maximum Gasteiger partial charge on any atom is 0.0733 e. The summed E-state index contributed by atoms with van der Waals surface area (Å²) in [7, 11) is 2.30. The monoisotopic (exact) mass is 254 g/mol. The molecule has 0 aromatic carbocycles. The second-order valence-corrected chi connectivity index (χ2v) is 6.73. The quantitative estimate of drug-likeness (QED) is 0.604. The van der Waals surface area contributed by atoms with Gasteiger partial charge in [-0.25, -0.2) is 0 Å². The van der Waals surface area contributed by atoms with Gasteiger partial charge >= 0.3 is 0 Å². The van der Waals surface area contributed by atoms with Gasteiger partial charge in [0.05, 0.1) is 4.99 Å². The molecule has 2 aliphatic rings. The SMILES string of the molecule is CN(CC1(CC(N)=S)CC1)C1CCCCCC1. The molecule has 2 saturated carbocycles. The molecule has 17 heavy (non-hydrogen) atoms. The minimum absolute atomic E-state index is 0.451. The number of hydrogen-bond acceptors (Lipinski definition) is 2. The van der Waals surface area contributed by atoms with Gasteiger partial charge in [0.15, 0.2) is 0 Å². The fraction of sp³-hybridized carbons (Fsp3) is 0.929. The Kier molecular flexibility index (Phi) is 4.42. The van der Waals surface area contributed by atoms with E-state index in [9.17, 15) is 0 Å². The zero-order valence-electron chi connectivity index (χ0n) is 11.1. The molecule has 2 N–H and O–H groups in total. The molecule has 0 radical (unpaired) electrons. The van der Waals surface area contributed by atoms with E-state index in [0.717, 1.165) is 12.5 Å². The van der Waals surface area contributed by atoms with Gasteiger partial charge in [0.1, 0.15) is 0 Å². The van der Waals surface area contributed by atoms with Crippen molar-refractivity contribution in [3.05, 3.63) is 0 Å². The van der Waals surface area contributed by atoms with E-state index >= 15 is 0 Å². The van der Waals surface area contributed by atoms with Crippen molar-refractivity contribution in [2.24, 2.45) is 11.1 Å². The molecule has 2 rings (SSSR count). The first-order chi connectivity index (χ1) is 8.11. The lowest BCUT2D eigenvalue weighted by atomic mass is 9.99. The standard InChI is InChI=1S/C14H26N2S/c1-16(12-6-4-2-3-5-7-12)11-14(8-9-14)10-13(15)17/h12H,2-11H2,1H3,(H2,15,17). The predicted molar refractivity (Wildman–Crippen MR) is 77.2 cm³/mol. The molecule has 2 nitrogen and oxygen atoms in total. The van der Waals surface area contributed by atoms with E-state index in [2.05, 4.69) is 11.9 Å². The molecule has 2 fully saturated rings. The summed E-state index contributed by atoms with van der Waals surface area (Å²) in [6, 6.07) is 0.807. The molecular formula is C14H26N2S. The highest BCUT2D eigenvalue weighted by atomic mass is 32.1. The van der Waals surface area contributed by atoms with Crippen molar-refractivity contribution in [2.45, 2.75) is 63.8 Å². The lowest BCUT2D eigenvalue weighted by Gasteiger charge is -2.30. The smallest absolute Gasteiger partial charge is 0.0733 e. The molecule has 0 heterocycles. The first-order valence-corrected chi connectivity index (χ1v) is 7.51. The molecule has 0 atom stereocenters. The Bertz CT molecular complexity index is 265. The van der Waals surface area contributed by atoms with Crippen LogP contribution in [-0.4, -0.2) is 29.5 Å². The molecule has 0 unspecified atom stereocenters. The van der Waals surface area contributed by atoms with Crippen molar-refractivity contribution in [1.29, 1.82) is 0 Å². The second kappa shape index (κ2) is 5.66. The summed E-state index contributed by atoms with van der Waals surface area (Å²) in [5.74, 6) is 0. The van der Waals surface area contributed by atoms with Crippen LogP contribution < -0.4 is 5.73 Å². The third-order valence-corrected chi connectivity index (χ3v) is 4.68. The van der Waals surface area contributed by atoms with E-state index in [4.69, 9.17) is 18.0 Å². The Morgan fingerprint density at radius 3 is 2.29 bits per heavy atom. The Balaban J connectivity index is 1.83. The number of rotatable bonds is 5. The highest BCUT2D eigenvalue weighted by molar-refractivity contribution is 7.80. The highest BCUT2D eigenvalue weighted by Gasteiger charge is 2.44. The van der Waals surface area contributed by atoms with Gasteiger partial charge in [0.2, 0.25) is 0 Å². The molecule has 0 aromatic heterocycles. The molecule has 3 heteroatoms. The van der Waals surface area contributed by atoms with E-state index in [0.29, 0.717) is 10.4 Å². The number of nitrogens with zero attached hydrogens (tertiary/aromatic N) is 1. The van der Waals surface area contributed by atoms with Crippen molar-refractivity contribution in [2.75, 3.05) is 13.6 Å². The van der Waals surface area contributed by atoms with E-state index in [1.54, 1.807) is 0 Å². The summed E-state index contributed by atoms with van der Waals surface area (Å²) >= 11 is 5.07. The van der Waals surface area contributed by atoms with Gasteiger partial charge in [-0.2, -0.15) is 0 Å². The largest absolute Gasteiger partial charge is 0.393 e. The van der Waals surface area contributed by atoms with E-state index in [1.807, 2.05) is 0 Å². The average Bonchev–Trinajstić information content (AvgIpc) is 3.01. The number of thiocarbonyl (C=S) groups is 1. The minimum Gasteiger partial charge on any atom is -0.393 e. The van der Waals surface area contributed by atoms with Gasteiger partial charge in [0, 0.05) is 19.0 Å².